The van der Waals surface area contributed by atoms with Crippen molar-refractivity contribution in [1.82, 2.24) is 19.5 Å². The Bertz CT molecular complexity index is 634. The zero-order valence-electron chi connectivity index (χ0n) is 13.4. The summed E-state index contributed by atoms with van der Waals surface area (Å²) in [5, 5.41) is 3.16. The Labute approximate surface area is 120 Å². The zero-order valence-corrected chi connectivity index (χ0v) is 13.4. The first-order valence-electron chi connectivity index (χ1n) is 6.83. The minimum absolute atomic E-state index is 0.0996. The standard InChI is InChI=1S/C15H23N5/c1-9-12(16-7)18-14(15(4,5)6)19-13(9)20-8-17-10(2)11(20)3/h8H,1-7H3,(H,16,18,19). The normalized spacial score (nSPS) is 11.8. The molecule has 0 aliphatic heterocycles. The summed E-state index contributed by atoms with van der Waals surface area (Å²) in [7, 11) is 1.89. The van der Waals surface area contributed by atoms with E-state index in [1.165, 1.54) is 0 Å². The summed E-state index contributed by atoms with van der Waals surface area (Å²) in [6, 6.07) is 0. The number of nitrogens with one attached hydrogen (secondary N) is 1. The Morgan fingerprint density at radius 1 is 1.10 bits per heavy atom. The largest absolute Gasteiger partial charge is 0.373 e. The van der Waals surface area contributed by atoms with Gasteiger partial charge in [-0.15, -0.1) is 0 Å². The predicted molar refractivity (Wildman–Crippen MR) is 81.6 cm³/mol. The minimum Gasteiger partial charge on any atom is -0.373 e. The molecular weight excluding hydrogens is 250 g/mol. The molecule has 2 aromatic rings. The fourth-order valence-electron chi connectivity index (χ4n) is 2.03. The second kappa shape index (κ2) is 4.89. The van der Waals surface area contributed by atoms with Gasteiger partial charge in [0.1, 0.15) is 23.8 Å². The summed E-state index contributed by atoms with van der Waals surface area (Å²) in [5.74, 6) is 2.59. The molecule has 0 saturated carbocycles. The highest BCUT2D eigenvalue weighted by molar-refractivity contribution is 5.52. The summed E-state index contributed by atoms with van der Waals surface area (Å²) in [6.07, 6.45) is 1.83. The Hall–Kier alpha value is -1.91. The highest BCUT2D eigenvalue weighted by Crippen LogP contribution is 2.26. The lowest BCUT2D eigenvalue weighted by Crippen LogP contribution is -2.20. The molecule has 5 nitrogen and oxygen atoms in total. The number of anilines is 1. The lowest BCUT2D eigenvalue weighted by molar-refractivity contribution is 0.543. The highest BCUT2D eigenvalue weighted by atomic mass is 15.2. The molecule has 108 valence electrons. The molecule has 20 heavy (non-hydrogen) atoms. The van der Waals surface area contributed by atoms with E-state index >= 15 is 0 Å². The van der Waals surface area contributed by atoms with Crippen LogP contribution in [0.4, 0.5) is 5.82 Å². The van der Waals surface area contributed by atoms with Crippen molar-refractivity contribution in [2.45, 2.75) is 47.0 Å². The molecule has 0 aliphatic carbocycles. The number of nitrogens with zero attached hydrogens (tertiary/aromatic N) is 4. The molecule has 2 aromatic heterocycles. The summed E-state index contributed by atoms with van der Waals surface area (Å²) in [4.78, 5) is 13.8. The summed E-state index contributed by atoms with van der Waals surface area (Å²) in [5.41, 5.74) is 3.05. The van der Waals surface area contributed by atoms with Crippen LogP contribution in [-0.4, -0.2) is 26.6 Å². The van der Waals surface area contributed by atoms with Crippen molar-refractivity contribution in [3.8, 4) is 5.82 Å². The second-order valence-electron chi connectivity index (χ2n) is 6.13. The van der Waals surface area contributed by atoms with Gasteiger partial charge in [-0.1, -0.05) is 20.8 Å². The lowest BCUT2D eigenvalue weighted by atomic mass is 9.95. The second-order valence-corrected chi connectivity index (χ2v) is 6.13. The van der Waals surface area contributed by atoms with Crippen LogP contribution >= 0.6 is 0 Å². The summed E-state index contributed by atoms with van der Waals surface area (Å²) < 4.78 is 2.03. The molecular formula is C15H23N5. The van der Waals surface area contributed by atoms with Gasteiger partial charge in [0.25, 0.3) is 0 Å². The average molecular weight is 273 g/mol. The maximum absolute atomic E-state index is 4.77. The third kappa shape index (κ3) is 2.40. The molecule has 0 aromatic carbocycles. The zero-order chi connectivity index (χ0) is 15.1. The van der Waals surface area contributed by atoms with E-state index in [2.05, 4.69) is 43.0 Å². The van der Waals surface area contributed by atoms with Gasteiger partial charge in [-0.05, 0) is 20.8 Å². The van der Waals surface area contributed by atoms with E-state index in [1.807, 2.05) is 31.8 Å². The maximum atomic E-state index is 4.77. The smallest absolute Gasteiger partial charge is 0.146 e. The fourth-order valence-corrected chi connectivity index (χ4v) is 2.03. The van der Waals surface area contributed by atoms with E-state index in [0.29, 0.717) is 0 Å². The van der Waals surface area contributed by atoms with Crippen LogP contribution in [0.1, 0.15) is 43.5 Å². The number of imidazole rings is 1. The first kappa shape index (κ1) is 14.5. The molecule has 0 spiro atoms. The molecule has 1 N–H and O–H groups in total. The Balaban J connectivity index is 2.72. The third-order valence-electron chi connectivity index (χ3n) is 3.51. The number of hydrogen-bond donors (Lipinski definition) is 1. The lowest BCUT2D eigenvalue weighted by Gasteiger charge is -2.21. The maximum Gasteiger partial charge on any atom is 0.146 e. The SMILES string of the molecule is CNc1nc(C(C)(C)C)nc(-n2cnc(C)c2C)c1C. The molecule has 0 unspecified atom stereocenters. The number of rotatable bonds is 2. The Morgan fingerprint density at radius 2 is 1.75 bits per heavy atom. The quantitative estimate of drug-likeness (QED) is 0.914. The minimum atomic E-state index is -0.0996. The van der Waals surface area contributed by atoms with Gasteiger partial charge in [-0.2, -0.15) is 0 Å². The number of aryl methyl sites for hydroxylation is 1. The molecule has 0 aliphatic rings. The van der Waals surface area contributed by atoms with Gasteiger partial charge in [-0.3, -0.25) is 4.57 Å². The third-order valence-corrected chi connectivity index (χ3v) is 3.51. The van der Waals surface area contributed by atoms with Gasteiger partial charge in [0.05, 0.1) is 5.69 Å². The molecule has 2 rings (SSSR count). The Morgan fingerprint density at radius 3 is 2.20 bits per heavy atom. The van der Waals surface area contributed by atoms with Crippen molar-refractivity contribution in [3.63, 3.8) is 0 Å². The summed E-state index contributed by atoms with van der Waals surface area (Å²) >= 11 is 0. The molecule has 0 fully saturated rings. The van der Waals surface area contributed by atoms with Gasteiger partial charge < -0.3 is 5.32 Å². The van der Waals surface area contributed by atoms with Crippen LogP contribution in [-0.2, 0) is 5.41 Å². The van der Waals surface area contributed by atoms with Crippen LogP contribution in [0.2, 0.25) is 0 Å². The Kier molecular flexibility index (Phi) is 3.54. The molecule has 0 bridgehead atoms. The average Bonchev–Trinajstić information content (AvgIpc) is 2.69. The number of hydrogen-bond acceptors (Lipinski definition) is 4. The molecule has 0 radical (unpaired) electrons. The van der Waals surface area contributed by atoms with E-state index in [9.17, 15) is 0 Å². The first-order valence-corrected chi connectivity index (χ1v) is 6.83. The van der Waals surface area contributed by atoms with Crippen molar-refractivity contribution >= 4 is 5.82 Å². The van der Waals surface area contributed by atoms with Crippen LogP contribution in [0.25, 0.3) is 5.82 Å². The van der Waals surface area contributed by atoms with Crippen molar-refractivity contribution in [1.29, 1.82) is 0 Å². The van der Waals surface area contributed by atoms with E-state index < -0.39 is 0 Å². The van der Waals surface area contributed by atoms with Gasteiger partial charge >= 0.3 is 0 Å². The van der Waals surface area contributed by atoms with Crippen LogP contribution in [0.15, 0.2) is 6.33 Å². The number of aromatic nitrogens is 4. The monoisotopic (exact) mass is 273 g/mol. The van der Waals surface area contributed by atoms with Gasteiger partial charge in [-0.25, -0.2) is 15.0 Å². The predicted octanol–water partition coefficient (Wildman–Crippen LogP) is 2.93. The van der Waals surface area contributed by atoms with Gasteiger partial charge in [0, 0.05) is 23.7 Å². The van der Waals surface area contributed by atoms with Gasteiger partial charge in [0.15, 0.2) is 0 Å². The van der Waals surface area contributed by atoms with E-state index in [1.54, 1.807) is 0 Å². The summed E-state index contributed by atoms with van der Waals surface area (Å²) in [6.45, 7) is 12.4. The molecule has 0 saturated heterocycles. The molecule has 2 heterocycles. The van der Waals surface area contributed by atoms with Crippen molar-refractivity contribution in [3.05, 3.63) is 29.1 Å². The molecule has 0 atom stereocenters. The van der Waals surface area contributed by atoms with E-state index in [-0.39, 0.29) is 5.41 Å². The molecule has 5 heteroatoms. The van der Waals surface area contributed by atoms with Crippen molar-refractivity contribution < 1.29 is 0 Å². The van der Waals surface area contributed by atoms with E-state index in [4.69, 9.17) is 4.98 Å². The molecule has 0 amide bonds. The van der Waals surface area contributed by atoms with Crippen LogP contribution in [0.5, 0.6) is 0 Å². The first-order chi connectivity index (χ1) is 9.25. The fraction of sp³-hybridized carbons (Fsp3) is 0.533. The van der Waals surface area contributed by atoms with Crippen LogP contribution in [0, 0.1) is 20.8 Å². The van der Waals surface area contributed by atoms with E-state index in [0.717, 1.165) is 34.4 Å². The highest BCUT2D eigenvalue weighted by Gasteiger charge is 2.22. The van der Waals surface area contributed by atoms with Crippen LogP contribution < -0.4 is 5.32 Å². The van der Waals surface area contributed by atoms with Gasteiger partial charge in [0.2, 0.25) is 0 Å². The van der Waals surface area contributed by atoms with Crippen LogP contribution in [0.3, 0.4) is 0 Å². The topological polar surface area (TPSA) is 55.6 Å². The van der Waals surface area contributed by atoms with Crippen molar-refractivity contribution in [2.24, 2.45) is 0 Å². The van der Waals surface area contributed by atoms with Crippen molar-refractivity contribution in [2.75, 3.05) is 12.4 Å².